The minimum Gasteiger partial charge on any atom is -0.0955 e. The summed E-state index contributed by atoms with van der Waals surface area (Å²) in [5.74, 6) is 0. The SMILES string of the molecule is C=C(C)c1cccc[13cH]1. The molecular weight excluding hydrogens is 109 g/mol. The highest BCUT2D eigenvalue weighted by Gasteiger charge is 1.86. The van der Waals surface area contributed by atoms with Crippen LogP contribution in [0.1, 0.15) is 12.5 Å². The van der Waals surface area contributed by atoms with Crippen molar-refractivity contribution < 1.29 is 0 Å². The Hall–Kier alpha value is -1.04. The van der Waals surface area contributed by atoms with Gasteiger partial charge in [-0.3, -0.25) is 0 Å². The zero-order chi connectivity index (χ0) is 6.69. The molecule has 0 heterocycles. The lowest BCUT2D eigenvalue weighted by Gasteiger charge is -1.94. The van der Waals surface area contributed by atoms with E-state index in [0.717, 1.165) is 5.57 Å². The minimum atomic E-state index is 1.12. The Bertz CT molecular complexity index is 197. The van der Waals surface area contributed by atoms with Gasteiger partial charge in [-0.1, -0.05) is 42.5 Å². The molecule has 0 saturated heterocycles. The summed E-state index contributed by atoms with van der Waals surface area (Å²) in [7, 11) is 0. The van der Waals surface area contributed by atoms with Gasteiger partial charge in [0.15, 0.2) is 0 Å². The van der Waals surface area contributed by atoms with Gasteiger partial charge in [0.05, 0.1) is 0 Å². The zero-order valence-electron chi connectivity index (χ0n) is 5.59. The Morgan fingerprint density at radius 2 is 1.78 bits per heavy atom. The highest BCUT2D eigenvalue weighted by atomic mass is 14.1. The van der Waals surface area contributed by atoms with E-state index < -0.39 is 0 Å². The van der Waals surface area contributed by atoms with Crippen molar-refractivity contribution in [2.45, 2.75) is 6.92 Å². The van der Waals surface area contributed by atoms with Crippen molar-refractivity contribution in [3.8, 4) is 0 Å². The van der Waals surface area contributed by atoms with Crippen LogP contribution in [0.4, 0.5) is 0 Å². The van der Waals surface area contributed by atoms with Crippen LogP contribution in [0.2, 0.25) is 0 Å². The maximum absolute atomic E-state index is 3.83. The van der Waals surface area contributed by atoms with E-state index in [1.807, 2.05) is 25.1 Å². The second kappa shape index (κ2) is 2.49. The summed E-state index contributed by atoms with van der Waals surface area (Å²) in [6.45, 7) is 5.83. The molecular formula is C9H10. The molecule has 1 aromatic rings. The van der Waals surface area contributed by atoms with Crippen LogP contribution in [0.3, 0.4) is 0 Å². The molecule has 0 saturated carbocycles. The van der Waals surface area contributed by atoms with Crippen LogP contribution in [0.5, 0.6) is 0 Å². The molecule has 0 aliphatic heterocycles. The van der Waals surface area contributed by atoms with Crippen LogP contribution >= 0.6 is 0 Å². The maximum Gasteiger partial charge on any atom is -0.0233 e. The fourth-order valence-corrected chi connectivity index (χ4v) is 0.723. The van der Waals surface area contributed by atoms with Gasteiger partial charge in [-0.2, -0.15) is 0 Å². The first kappa shape index (κ1) is 6.09. The lowest BCUT2D eigenvalue weighted by Crippen LogP contribution is -1.72. The summed E-state index contributed by atoms with van der Waals surface area (Å²) in [4.78, 5) is 0. The fourth-order valence-electron chi connectivity index (χ4n) is 0.723. The van der Waals surface area contributed by atoms with E-state index in [1.165, 1.54) is 5.56 Å². The minimum absolute atomic E-state index is 1.12. The molecule has 0 fully saturated rings. The Labute approximate surface area is 55.8 Å². The number of benzene rings is 1. The van der Waals surface area contributed by atoms with Crippen LogP contribution in [0.25, 0.3) is 5.57 Å². The Balaban J connectivity index is 2.98. The molecule has 0 heteroatoms. The van der Waals surface area contributed by atoms with E-state index in [-0.39, 0.29) is 0 Å². The summed E-state index contributed by atoms with van der Waals surface area (Å²) in [5, 5.41) is 0. The van der Waals surface area contributed by atoms with Crippen molar-refractivity contribution in [2.24, 2.45) is 0 Å². The molecule has 0 amide bonds. The van der Waals surface area contributed by atoms with Crippen LogP contribution in [0, 0.1) is 0 Å². The standard InChI is InChI=1S/C9H10/c1-8(2)9-6-4-3-5-7-9/h3-7H,1H2,2H3/i6+1. The molecule has 0 radical (unpaired) electrons. The van der Waals surface area contributed by atoms with Crippen LogP contribution in [-0.2, 0) is 0 Å². The van der Waals surface area contributed by atoms with Gasteiger partial charge >= 0.3 is 0 Å². The molecule has 0 aromatic heterocycles. The molecule has 0 N–H and O–H groups in total. The van der Waals surface area contributed by atoms with E-state index in [2.05, 4.69) is 18.7 Å². The van der Waals surface area contributed by atoms with E-state index in [1.54, 1.807) is 0 Å². The number of hydrogen-bond donors (Lipinski definition) is 0. The van der Waals surface area contributed by atoms with Crippen molar-refractivity contribution in [3.05, 3.63) is 42.5 Å². The average molecular weight is 119 g/mol. The van der Waals surface area contributed by atoms with Crippen LogP contribution < -0.4 is 0 Å². The van der Waals surface area contributed by atoms with Gasteiger partial charge < -0.3 is 0 Å². The van der Waals surface area contributed by atoms with Gasteiger partial charge in [0, 0.05) is 0 Å². The van der Waals surface area contributed by atoms with E-state index in [0.29, 0.717) is 0 Å². The van der Waals surface area contributed by atoms with Gasteiger partial charge in [-0.05, 0) is 12.5 Å². The number of rotatable bonds is 1. The van der Waals surface area contributed by atoms with E-state index >= 15 is 0 Å². The first-order valence-electron chi connectivity index (χ1n) is 3.01. The van der Waals surface area contributed by atoms with Gasteiger partial charge in [-0.25, -0.2) is 0 Å². The lowest BCUT2D eigenvalue weighted by atomic mass is 10.2. The van der Waals surface area contributed by atoms with Gasteiger partial charge in [0.2, 0.25) is 0 Å². The third kappa shape index (κ3) is 1.43. The van der Waals surface area contributed by atoms with Crippen molar-refractivity contribution in [2.75, 3.05) is 0 Å². The molecule has 0 unspecified atom stereocenters. The zero-order valence-corrected chi connectivity index (χ0v) is 5.59. The molecule has 0 nitrogen and oxygen atoms in total. The molecule has 0 spiro atoms. The molecule has 0 aliphatic carbocycles. The number of hydrogen-bond acceptors (Lipinski definition) is 0. The largest absolute Gasteiger partial charge is 0.0955 e. The lowest BCUT2D eigenvalue weighted by molar-refractivity contribution is 1.58. The molecule has 0 aliphatic rings. The quantitative estimate of drug-likeness (QED) is 0.533. The molecule has 1 aromatic carbocycles. The maximum atomic E-state index is 3.83. The van der Waals surface area contributed by atoms with E-state index in [4.69, 9.17) is 0 Å². The van der Waals surface area contributed by atoms with Crippen molar-refractivity contribution in [1.82, 2.24) is 0 Å². The van der Waals surface area contributed by atoms with Crippen LogP contribution in [0.15, 0.2) is 36.9 Å². The molecule has 1 rings (SSSR count). The smallest absolute Gasteiger partial charge is 0.0233 e. The summed E-state index contributed by atoms with van der Waals surface area (Å²) in [6.07, 6.45) is 0. The molecule has 0 atom stereocenters. The monoisotopic (exact) mass is 119 g/mol. The Morgan fingerprint density at radius 1 is 1.22 bits per heavy atom. The Morgan fingerprint density at radius 3 is 2.11 bits per heavy atom. The predicted molar refractivity (Wildman–Crippen MR) is 41.2 cm³/mol. The summed E-state index contributed by atoms with van der Waals surface area (Å²) < 4.78 is 0. The fraction of sp³-hybridized carbons (Fsp3) is 0.111. The third-order valence-corrected chi connectivity index (χ3v) is 1.27. The highest BCUT2D eigenvalue weighted by molar-refractivity contribution is 5.60. The van der Waals surface area contributed by atoms with Crippen molar-refractivity contribution in [1.29, 1.82) is 0 Å². The summed E-state index contributed by atoms with van der Waals surface area (Å²) in [6, 6.07) is 10.2. The summed E-state index contributed by atoms with van der Waals surface area (Å²) >= 11 is 0. The molecule has 9 heavy (non-hydrogen) atoms. The normalized spacial score (nSPS) is 9.00. The van der Waals surface area contributed by atoms with Crippen LogP contribution in [-0.4, -0.2) is 0 Å². The predicted octanol–water partition coefficient (Wildman–Crippen LogP) is 2.72. The highest BCUT2D eigenvalue weighted by Crippen LogP contribution is 2.08. The molecule has 46 valence electrons. The van der Waals surface area contributed by atoms with Crippen molar-refractivity contribution in [3.63, 3.8) is 0 Å². The van der Waals surface area contributed by atoms with Crippen molar-refractivity contribution >= 4 is 5.57 Å². The second-order valence-corrected chi connectivity index (χ2v) is 2.15. The third-order valence-electron chi connectivity index (χ3n) is 1.27. The Kier molecular flexibility index (Phi) is 1.69. The first-order chi connectivity index (χ1) is 4.30. The second-order valence-electron chi connectivity index (χ2n) is 2.15. The van der Waals surface area contributed by atoms with Gasteiger partial charge in [0.1, 0.15) is 0 Å². The molecule has 0 bridgehead atoms. The number of allylic oxidation sites excluding steroid dienone is 1. The topological polar surface area (TPSA) is 0 Å². The van der Waals surface area contributed by atoms with E-state index in [9.17, 15) is 0 Å². The van der Waals surface area contributed by atoms with Gasteiger partial charge in [-0.15, -0.1) is 0 Å². The summed E-state index contributed by atoms with van der Waals surface area (Å²) in [5.41, 5.74) is 2.34. The first-order valence-corrected chi connectivity index (χ1v) is 3.01. The average Bonchev–Trinajstić information content (AvgIpc) is 1.90. The van der Waals surface area contributed by atoms with Gasteiger partial charge in [0.25, 0.3) is 0 Å².